The van der Waals surface area contributed by atoms with E-state index in [0.29, 0.717) is 36.3 Å². The van der Waals surface area contributed by atoms with Gasteiger partial charge in [0.1, 0.15) is 17.7 Å². The summed E-state index contributed by atoms with van der Waals surface area (Å²) < 4.78 is 55.5. The summed E-state index contributed by atoms with van der Waals surface area (Å²) in [6, 6.07) is 7.55. The second kappa shape index (κ2) is 8.65. The van der Waals surface area contributed by atoms with E-state index in [-0.39, 0.29) is 48.5 Å². The first-order valence-corrected chi connectivity index (χ1v) is 9.86. The van der Waals surface area contributed by atoms with Crippen LogP contribution in [0.2, 0.25) is 0 Å². The minimum absolute atomic E-state index is 0. The number of nitrogens with one attached hydrogen (secondary N) is 1. The van der Waals surface area contributed by atoms with Crippen LogP contribution in [0.1, 0.15) is 24.0 Å². The summed E-state index contributed by atoms with van der Waals surface area (Å²) in [4.78, 5) is 4.07. The summed E-state index contributed by atoms with van der Waals surface area (Å²) in [5, 5.41) is 14.2. The summed E-state index contributed by atoms with van der Waals surface area (Å²) in [6.45, 7) is 0.0700. The zero-order chi connectivity index (χ0) is 21.6. The first-order chi connectivity index (χ1) is 14.9. The largest absolute Gasteiger partial charge is 0.586 e. The quantitative estimate of drug-likeness (QED) is 0.561. The Kier molecular flexibility index (Phi) is 6.07. The summed E-state index contributed by atoms with van der Waals surface area (Å²) in [5.41, 5.74) is 1.03. The van der Waals surface area contributed by atoms with Crippen LogP contribution in [-0.4, -0.2) is 28.5 Å². The van der Waals surface area contributed by atoms with Crippen LogP contribution < -0.4 is 19.5 Å². The molecule has 0 saturated heterocycles. The maximum Gasteiger partial charge on any atom is 0.586 e. The number of aliphatic hydroxyl groups is 1. The molecule has 0 atom stereocenters. The zero-order valence-corrected chi connectivity index (χ0v) is 17.5. The van der Waals surface area contributed by atoms with Crippen molar-refractivity contribution in [1.29, 1.82) is 0 Å². The molecule has 2 aromatic carbocycles. The molecule has 1 saturated carbocycles. The van der Waals surface area contributed by atoms with E-state index in [1.54, 1.807) is 24.5 Å². The molecule has 0 amide bonds. The van der Waals surface area contributed by atoms with Gasteiger partial charge in [0.05, 0.1) is 6.61 Å². The van der Waals surface area contributed by atoms with Crippen molar-refractivity contribution in [3.63, 3.8) is 0 Å². The molecule has 6 nitrogen and oxygen atoms in total. The summed E-state index contributed by atoms with van der Waals surface area (Å²) >= 11 is 0. The van der Waals surface area contributed by atoms with E-state index in [4.69, 9.17) is 4.74 Å². The fraction of sp³-hybridized carbons (Fsp3) is 0.318. The molecular weight excluding hydrogens is 449 g/mol. The molecule has 2 N–H and O–H groups in total. The van der Waals surface area contributed by atoms with E-state index in [0.717, 1.165) is 10.8 Å². The van der Waals surface area contributed by atoms with Gasteiger partial charge in [-0.25, -0.2) is 4.39 Å². The summed E-state index contributed by atoms with van der Waals surface area (Å²) in [7, 11) is 0. The van der Waals surface area contributed by atoms with Gasteiger partial charge in [-0.1, -0.05) is 0 Å². The number of benzene rings is 2. The van der Waals surface area contributed by atoms with Gasteiger partial charge < -0.3 is 24.6 Å². The van der Waals surface area contributed by atoms with Crippen molar-refractivity contribution in [3.05, 3.63) is 59.7 Å². The summed E-state index contributed by atoms with van der Waals surface area (Å²) in [6.07, 6.45) is 0.873. The van der Waals surface area contributed by atoms with Crippen LogP contribution in [0.25, 0.3) is 10.8 Å². The normalized spacial score (nSPS) is 20.5. The van der Waals surface area contributed by atoms with Gasteiger partial charge in [-0.15, -0.1) is 21.2 Å². The van der Waals surface area contributed by atoms with Gasteiger partial charge in [-0.05, 0) is 48.1 Å². The van der Waals surface area contributed by atoms with Crippen molar-refractivity contribution in [2.75, 3.05) is 0 Å². The molecule has 1 aliphatic carbocycles. The average molecular weight is 469 g/mol. The number of alkyl halides is 2. The molecule has 10 heteroatoms. The first-order valence-electron chi connectivity index (χ1n) is 9.86. The van der Waals surface area contributed by atoms with E-state index in [1.807, 2.05) is 0 Å². The molecule has 32 heavy (non-hydrogen) atoms. The molecule has 0 spiro atoms. The predicted molar refractivity (Wildman–Crippen MR) is 112 cm³/mol. The van der Waals surface area contributed by atoms with Crippen LogP contribution >= 0.6 is 12.4 Å². The zero-order valence-electron chi connectivity index (χ0n) is 16.7. The Morgan fingerprint density at radius 3 is 2.69 bits per heavy atom. The number of nitrogens with zero attached hydrogens (tertiary/aromatic N) is 1. The van der Waals surface area contributed by atoms with E-state index >= 15 is 0 Å². The number of ether oxygens (including phenoxy) is 3. The number of rotatable bonds is 6. The topological polar surface area (TPSA) is 72.8 Å². The number of hydrogen-bond donors (Lipinski definition) is 2. The third-order valence-electron chi connectivity index (χ3n) is 5.59. The Bertz CT molecular complexity index is 1140. The lowest BCUT2D eigenvalue weighted by Gasteiger charge is -2.36. The Morgan fingerprint density at radius 1 is 1.12 bits per heavy atom. The standard InChI is InChI=1S/C22H19F3N2O4.ClH/c23-19-5-12(11-28)17-9-26-4-3-16(17)18(19)10-27-13-6-15(7-13)29-14-1-2-20-21(8-14)31-22(24,25)30-20;/h1-5,8-9,13,15,27-28H,6-7,10-11H2;1H. The van der Waals surface area contributed by atoms with E-state index in [1.165, 1.54) is 18.2 Å². The third kappa shape index (κ3) is 4.28. The number of aliphatic hydroxyl groups excluding tert-OH is 1. The average Bonchev–Trinajstić information content (AvgIpc) is 3.03. The van der Waals surface area contributed by atoms with E-state index in [2.05, 4.69) is 19.8 Å². The van der Waals surface area contributed by atoms with E-state index < -0.39 is 6.29 Å². The second-order valence-corrected chi connectivity index (χ2v) is 7.64. The molecule has 5 rings (SSSR count). The number of aromatic nitrogens is 1. The highest BCUT2D eigenvalue weighted by molar-refractivity contribution is 5.88. The van der Waals surface area contributed by atoms with Crippen molar-refractivity contribution in [2.24, 2.45) is 0 Å². The Labute approximate surface area is 187 Å². The molecule has 0 unspecified atom stereocenters. The van der Waals surface area contributed by atoms with Crippen molar-refractivity contribution in [3.8, 4) is 17.2 Å². The maximum atomic E-state index is 14.6. The fourth-order valence-electron chi connectivity index (χ4n) is 3.94. The lowest BCUT2D eigenvalue weighted by Crippen LogP contribution is -2.46. The third-order valence-corrected chi connectivity index (χ3v) is 5.59. The van der Waals surface area contributed by atoms with Crippen LogP contribution in [0.15, 0.2) is 42.7 Å². The molecule has 170 valence electrons. The molecule has 1 aliphatic heterocycles. The molecule has 1 fully saturated rings. The molecule has 0 bridgehead atoms. The summed E-state index contributed by atoms with van der Waals surface area (Å²) in [5.74, 6) is -0.0333. The van der Waals surface area contributed by atoms with Crippen molar-refractivity contribution in [2.45, 2.75) is 44.4 Å². The second-order valence-electron chi connectivity index (χ2n) is 7.64. The Balaban J connectivity index is 0.00000245. The number of fused-ring (bicyclic) bond motifs is 2. The monoisotopic (exact) mass is 468 g/mol. The van der Waals surface area contributed by atoms with Gasteiger partial charge in [0, 0.05) is 42.0 Å². The van der Waals surface area contributed by atoms with Gasteiger partial charge in [0.2, 0.25) is 0 Å². The van der Waals surface area contributed by atoms with Gasteiger partial charge in [-0.3, -0.25) is 4.98 Å². The van der Waals surface area contributed by atoms with Crippen LogP contribution in [-0.2, 0) is 13.2 Å². The lowest BCUT2D eigenvalue weighted by atomic mass is 9.88. The number of hydrogen-bond acceptors (Lipinski definition) is 6. The van der Waals surface area contributed by atoms with Gasteiger partial charge in [0.25, 0.3) is 0 Å². The minimum atomic E-state index is -3.66. The highest BCUT2D eigenvalue weighted by Gasteiger charge is 2.43. The highest BCUT2D eigenvalue weighted by Crippen LogP contribution is 2.43. The number of pyridine rings is 1. The van der Waals surface area contributed by atoms with Gasteiger partial charge >= 0.3 is 6.29 Å². The van der Waals surface area contributed by atoms with E-state index in [9.17, 15) is 18.3 Å². The lowest BCUT2D eigenvalue weighted by molar-refractivity contribution is -0.286. The van der Waals surface area contributed by atoms with Gasteiger partial charge in [0.15, 0.2) is 11.5 Å². The molecule has 2 heterocycles. The Hall–Kier alpha value is -2.75. The van der Waals surface area contributed by atoms with Crippen molar-refractivity contribution >= 4 is 23.2 Å². The van der Waals surface area contributed by atoms with Crippen molar-refractivity contribution < 1.29 is 32.5 Å². The fourth-order valence-corrected chi connectivity index (χ4v) is 3.94. The SMILES string of the molecule is Cl.OCc1cc(F)c(CNC2CC(Oc3ccc4c(c3)OC(F)(F)O4)C2)c2ccncc12. The highest BCUT2D eigenvalue weighted by atomic mass is 35.5. The molecule has 3 aromatic rings. The molecule has 2 aliphatic rings. The predicted octanol–water partition coefficient (Wildman–Crippen LogP) is 4.31. The van der Waals surface area contributed by atoms with Gasteiger partial charge in [-0.2, -0.15) is 0 Å². The van der Waals surface area contributed by atoms with Crippen LogP contribution in [0.3, 0.4) is 0 Å². The first kappa shape index (κ1) is 22.4. The van der Waals surface area contributed by atoms with Crippen LogP contribution in [0, 0.1) is 5.82 Å². The Morgan fingerprint density at radius 2 is 1.91 bits per heavy atom. The molecule has 1 aromatic heterocycles. The molecular formula is C22H20ClF3N2O4. The maximum absolute atomic E-state index is 14.6. The van der Waals surface area contributed by atoms with Crippen LogP contribution in [0.5, 0.6) is 17.2 Å². The smallest absolute Gasteiger partial charge is 0.490 e. The van der Waals surface area contributed by atoms with Crippen LogP contribution in [0.4, 0.5) is 13.2 Å². The number of halogens is 4. The van der Waals surface area contributed by atoms with Crippen molar-refractivity contribution in [1.82, 2.24) is 10.3 Å². The minimum Gasteiger partial charge on any atom is -0.490 e. The molecule has 0 radical (unpaired) electrons.